The standard InChI is InChI=1S/C17H31N3/c1-14(2)10-18-12-17-7-5-4-6-16(17)9-8-15-11-19-20(3)13-15/h11,13-14,16-18H,4-10,12H2,1-3H3. The van der Waals surface area contributed by atoms with Gasteiger partial charge in [0.15, 0.2) is 0 Å². The van der Waals surface area contributed by atoms with Crippen LogP contribution in [-0.4, -0.2) is 22.9 Å². The quantitative estimate of drug-likeness (QED) is 0.828. The molecule has 1 saturated carbocycles. The summed E-state index contributed by atoms with van der Waals surface area (Å²) in [4.78, 5) is 0. The molecule has 1 aromatic heterocycles. The Bertz CT molecular complexity index is 383. The lowest BCUT2D eigenvalue weighted by molar-refractivity contribution is 0.216. The maximum absolute atomic E-state index is 4.27. The van der Waals surface area contributed by atoms with Gasteiger partial charge in [0.05, 0.1) is 6.20 Å². The van der Waals surface area contributed by atoms with Crippen molar-refractivity contribution >= 4 is 0 Å². The van der Waals surface area contributed by atoms with Crippen LogP contribution < -0.4 is 5.32 Å². The van der Waals surface area contributed by atoms with Gasteiger partial charge in [-0.25, -0.2) is 0 Å². The molecule has 1 aromatic rings. The molecule has 1 fully saturated rings. The summed E-state index contributed by atoms with van der Waals surface area (Å²) >= 11 is 0. The number of nitrogens with zero attached hydrogens (tertiary/aromatic N) is 2. The summed E-state index contributed by atoms with van der Waals surface area (Å²) in [7, 11) is 2.00. The molecule has 114 valence electrons. The molecule has 0 bridgehead atoms. The number of hydrogen-bond donors (Lipinski definition) is 1. The zero-order valence-electron chi connectivity index (χ0n) is 13.4. The highest BCUT2D eigenvalue weighted by Crippen LogP contribution is 2.32. The molecule has 0 aliphatic heterocycles. The van der Waals surface area contributed by atoms with E-state index in [0.717, 1.165) is 24.3 Å². The van der Waals surface area contributed by atoms with Crippen LogP contribution in [-0.2, 0) is 13.5 Å². The van der Waals surface area contributed by atoms with Crippen molar-refractivity contribution in [1.82, 2.24) is 15.1 Å². The van der Waals surface area contributed by atoms with Gasteiger partial charge in [-0.1, -0.05) is 33.1 Å². The first-order valence-electron chi connectivity index (χ1n) is 8.33. The molecule has 2 unspecified atom stereocenters. The van der Waals surface area contributed by atoms with Gasteiger partial charge in [0, 0.05) is 13.2 Å². The van der Waals surface area contributed by atoms with Crippen LogP contribution in [0.3, 0.4) is 0 Å². The van der Waals surface area contributed by atoms with Gasteiger partial charge in [-0.3, -0.25) is 4.68 Å². The molecular formula is C17H31N3. The predicted molar refractivity (Wildman–Crippen MR) is 84.7 cm³/mol. The highest BCUT2D eigenvalue weighted by Gasteiger charge is 2.24. The fourth-order valence-electron chi connectivity index (χ4n) is 3.44. The Labute approximate surface area is 124 Å². The van der Waals surface area contributed by atoms with Crippen LogP contribution in [0.4, 0.5) is 0 Å². The second kappa shape index (κ2) is 7.82. The van der Waals surface area contributed by atoms with E-state index in [0.29, 0.717) is 0 Å². The van der Waals surface area contributed by atoms with Gasteiger partial charge in [0.1, 0.15) is 0 Å². The molecule has 20 heavy (non-hydrogen) atoms. The third-order valence-corrected chi connectivity index (χ3v) is 4.59. The SMILES string of the molecule is CC(C)CNCC1CCCCC1CCc1cnn(C)c1. The summed E-state index contributed by atoms with van der Waals surface area (Å²) in [6.07, 6.45) is 12.4. The second-order valence-electron chi connectivity index (χ2n) is 6.92. The lowest BCUT2D eigenvalue weighted by Gasteiger charge is -2.32. The number of rotatable bonds is 7. The van der Waals surface area contributed by atoms with E-state index in [1.54, 1.807) is 0 Å². The Morgan fingerprint density at radius 3 is 2.70 bits per heavy atom. The van der Waals surface area contributed by atoms with E-state index in [-0.39, 0.29) is 0 Å². The largest absolute Gasteiger partial charge is 0.316 e. The molecule has 3 nitrogen and oxygen atoms in total. The van der Waals surface area contributed by atoms with Gasteiger partial charge in [0.25, 0.3) is 0 Å². The lowest BCUT2D eigenvalue weighted by atomic mass is 9.76. The number of aromatic nitrogens is 2. The smallest absolute Gasteiger partial charge is 0.0521 e. The van der Waals surface area contributed by atoms with Gasteiger partial charge in [-0.05, 0) is 55.7 Å². The number of nitrogens with one attached hydrogen (secondary N) is 1. The Morgan fingerprint density at radius 2 is 2.05 bits per heavy atom. The highest BCUT2D eigenvalue weighted by molar-refractivity contribution is 5.03. The van der Waals surface area contributed by atoms with Crippen LogP contribution in [0.25, 0.3) is 0 Å². The van der Waals surface area contributed by atoms with Gasteiger partial charge < -0.3 is 5.32 Å². The summed E-state index contributed by atoms with van der Waals surface area (Å²) in [5.41, 5.74) is 1.40. The molecule has 1 heterocycles. The molecular weight excluding hydrogens is 246 g/mol. The lowest BCUT2D eigenvalue weighted by Crippen LogP contribution is -2.32. The molecule has 0 amide bonds. The van der Waals surface area contributed by atoms with E-state index in [2.05, 4.69) is 30.5 Å². The summed E-state index contributed by atoms with van der Waals surface area (Å²) in [6.45, 7) is 6.95. The fraction of sp³-hybridized carbons (Fsp3) is 0.824. The monoisotopic (exact) mass is 277 g/mol. The number of hydrogen-bond acceptors (Lipinski definition) is 2. The molecule has 2 atom stereocenters. The van der Waals surface area contributed by atoms with E-state index in [4.69, 9.17) is 0 Å². The maximum Gasteiger partial charge on any atom is 0.0521 e. The second-order valence-corrected chi connectivity index (χ2v) is 6.92. The summed E-state index contributed by atoms with van der Waals surface area (Å²) in [5, 5.41) is 7.94. The Balaban J connectivity index is 1.77. The van der Waals surface area contributed by atoms with Crippen LogP contribution in [0, 0.1) is 17.8 Å². The average molecular weight is 277 g/mol. The molecule has 3 heteroatoms. The molecule has 0 radical (unpaired) electrons. The fourth-order valence-corrected chi connectivity index (χ4v) is 3.44. The van der Waals surface area contributed by atoms with E-state index in [1.807, 2.05) is 17.9 Å². The van der Waals surface area contributed by atoms with Crippen molar-refractivity contribution in [2.75, 3.05) is 13.1 Å². The minimum absolute atomic E-state index is 0.757. The van der Waals surface area contributed by atoms with Crippen molar-refractivity contribution in [2.45, 2.75) is 52.4 Å². The van der Waals surface area contributed by atoms with Gasteiger partial charge in [-0.15, -0.1) is 0 Å². The molecule has 0 spiro atoms. The predicted octanol–water partition coefficient (Wildman–Crippen LogP) is 3.40. The van der Waals surface area contributed by atoms with E-state index in [9.17, 15) is 0 Å². The third-order valence-electron chi connectivity index (χ3n) is 4.59. The van der Waals surface area contributed by atoms with Crippen molar-refractivity contribution in [1.29, 1.82) is 0 Å². The van der Waals surface area contributed by atoms with Crippen LogP contribution in [0.5, 0.6) is 0 Å². The minimum Gasteiger partial charge on any atom is -0.316 e. The first-order chi connectivity index (χ1) is 9.65. The molecule has 0 aromatic carbocycles. The van der Waals surface area contributed by atoms with Crippen molar-refractivity contribution in [3.8, 4) is 0 Å². The third kappa shape index (κ3) is 4.93. The Kier molecular flexibility index (Phi) is 6.08. The minimum atomic E-state index is 0.757. The first-order valence-corrected chi connectivity index (χ1v) is 8.33. The van der Waals surface area contributed by atoms with Gasteiger partial charge >= 0.3 is 0 Å². The molecule has 0 saturated heterocycles. The molecule has 2 rings (SSSR count). The number of aryl methyl sites for hydroxylation is 2. The van der Waals surface area contributed by atoms with Crippen LogP contribution >= 0.6 is 0 Å². The summed E-state index contributed by atoms with van der Waals surface area (Å²) < 4.78 is 1.91. The van der Waals surface area contributed by atoms with E-state index >= 15 is 0 Å². The topological polar surface area (TPSA) is 29.9 Å². The zero-order chi connectivity index (χ0) is 14.4. The summed E-state index contributed by atoms with van der Waals surface area (Å²) in [6, 6.07) is 0. The highest BCUT2D eigenvalue weighted by atomic mass is 15.2. The van der Waals surface area contributed by atoms with Crippen LogP contribution in [0.2, 0.25) is 0 Å². The Morgan fingerprint density at radius 1 is 1.30 bits per heavy atom. The molecule has 1 N–H and O–H groups in total. The van der Waals surface area contributed by atoms with Crippen molar-refractivity contribution in [2.24, 2.45) is 24.8 Å². The summed E-state index contributed by atoms with van der Waals surface area (Å²) in [5.74, 6) is 2.55. The van der Waals surface area contributed by atoms with Crippen LogP contribution in [0.1, 0.15) is 51.5 Å². The van der Waals surface area contributed by atoms with Crippen molar-refractivity contribution < 1.29 is 0 Å². The Hall–Kier alpha value is -0.830. The zero-order valence-corrected chi connectivity index (χ0v) is 13.4. The molecule has 1 aliphatic carbocycles. The average Bonchev–Trinajstić information content (AvgIpc) is 2.83. The maximum atomic E-state index is 4.27. The first kappa shape index (κ1) is 15.6. The van der Waals surface area contributed by atoms with Crippen molar-refractivity contribution in [3.05, 3.63) is 18.0 Å². The molecule has 1 aliphatic rings. The van der Waals surface area contributed by atoms with E-state index in [1.165, 1.54) is 50.6 Å². The van der Waals surface area contributed by atoms with Crippen LogP contribution in [0.15, 0.2) is 12.4 Å². The van der Waals surface area contributed by atoms with E-state index < -0.39 is 0 Å². The van der Waals surface area contributed by atoms with Gasteiger partial charge in [0.2, 0.25) is 0 Å². The van der Waals surface area contributed by atoms with Gasteiger partial charge in [-0.2, -0.15) is 5.10 Å². The normalized spacial score (nSPS) is 23.4. The van der Waals surface area contributed by atoms with Crippen molar-refractivity contribution in [3.63, 3.8) is 0 Å².